The molecule has 122 valence electrons. The van der Waals surface area contributed by atoms with Crippen LogP contribution < -0.4 is 4.74 Å². The van der Waals surface area contributed by atoms with E-state index in [0.29, 0.717) is 17.7 Å². The van der Waals surface area contributed by atoms with Gasteiger partial charge in [-0.2, -0.15) is 0 Å². The van der Waals surface area contributed by atoms with Crippen LogP contribution in [0.3, 0.4) is 0 Å². The Bertz CT molecular complexity index is 716. The summed E-state index contributed by atoms with van der Waals surface area (Å²) in [6.07, 6.45) is 0. The van der Waals surface area contributed by atoms with Crippen LogP contribution in [0.25, 0.3) is 0 Å². The average molecular weight is 319 g/mol. The van der Waals surface area contributed by atoms with Crippen molar-refractivity contribution in [3.8, 4) is 5.75 Å². The Hall–Kier alpha value is -2.43. The van der Waals surface area contributed by atoms with Gasteiger partial charge in [0.05, 0.1) is 6.61 Å². The minimum absolute atomic E-state index is 0.194. The van der Waals surface area contributed by atoms with Crippen LogP contribution in [0.15, 0.2) is 36.4 Å². The quantitative estimate of drug-likeness (QED) is 0.835. The van der Waals surface area contributed by atoms with Crippen LogP contribution in [-0.4, -0.2) is 24.5 Å². The molecular weight excluding hydrogens is 300 g/mol. The highest BCUT2D eigenvalue weighted by atomic mass is 19.2. The summed E-state index contributed by atoms with van der Waals surface area (Å²) in [6.45, 7) is 4.53. The zero-order valence-electron chi connectivity index (χ0n) is 13.4. The predicted molar refractivity (Wildman–Crippen MR) is 84.5 cm³/mol. The molecule has 5 heteroatoms. The van der Waals surface area contributed by atoms with E-state index in [9.17, 15) is 13.6 Å². The van der Waals surface area contributed by atoms with Gasteiger partial charge in [-0.1, -0.05) is 6.07 Å². The average Bonchev–Trinajstić information content (AvgIpc) is 2.52. The number of ether oxygens (including phenoxy) is 1. The van der Waals surface area contributed by atoms with Gasteiger partial charge in [-0.25, -0.2) is 8.78 Å². The van der Waals surface area contributed by atoms with Gasteiger partial charge >= 0.3 is 0 Å². The number of nitrogens with zero attached hydrogens (tertiary/aromatic N) is 1. The van der Waals surface area contributed by atoms with E-state index in [1.165, 1.54) is 11.0 Å². The standard InChI is InChI=1S/C18H19F2NO2/c1-4-23-17-8-6-14(9-12(17)2)18(22)21(3)11-13-5-7-15(19)16(20)10-13/h5-10H,4,11H2,1-3H3. The molecule has 0 unspecified atom stereocenters. The van der Waals surface area contributed by atoms with E-state index in [2.05, 4.69) is 0 Å². The zero-order chi connectivity index (χ0) is 17.0. The molecule has 23 heavy (non-hydrogen) atoms. The third-order valence-electron chi connectivity index (χ3n) is 3.47. The largest absolute Gasteiger partial charge is 0.494 e. The van der Waals surface area contributed by atoms with Crippen LogP contribution in [-0.2, 0) is 6.54 Å². The molecule has 0 aliphatic carbocycles. The van der Waals surface area contributed by atoms with Gasteiger partial charge in [-0.3, -0.25) is 4.79 Å². The van der Waals surface area contributed by atoms with Gasteiger partial charge in [0, 0.05) is 19.2 Å². The molecule has 2 rings (SSSR count). The molecule has 0 heterocycles. The fourth-order valence-electron chi connectivity index (χ4n) is 2.30. The highest BCUT2D eigenvalue weighted by molar-refractivity contribution is 5.94. The Morgan fingerprint density at radius 2 is 1.87 bits per heavy atom. The summed E-state index contributed by atoms with van der Waals surface area (Å²) in [5, 5.41) is 0. The van der Waals surface area contributed by atoms with Crippen LogP contribution >= 0.6 is 0 Å². The Morgan fingerprint density at radius 1 is 1.13 bits per heavy atom. The lowest BCUT2D eigenvalue weighted by Crippen LogP contribution is -2.26. The maximum atomic E-state index is 13.2. The van der Waals surface area contributed by atoms with Crippen molar-refractivity contribution >= 4 is 5.91 Å². The third kappa shape index (κ3) is 4.06. The number of benzene rings is 2. The topological polar surface area (TPSA) is 29.5 Å². The van der Waals surface area contributed by atoms with Crippen molar-refractivity contribution < 1.29 is 18.3 Å². The van der Waals surface area contributed by atoms with Crippen LogP contribution in [0, 0.1) is 18.6 Å². The molecule has 0 aromatic heterocycles. The maximum Gasteiger partial charge on any atom is 0.253 e. The van der Waals surface area contributed by atoms with Crippen molar-refractivity contribution in [3.05, 3.63) is 64.7 Å². The van der Waals surface area contributed by atoms with Gasteiger partial charge in [0.1, 0.15) is 5.75 Å². The normalized spacial score (nSPS) is 10.5. The summed E-state index contributed by atoms with van der Waals surface area (Å²) in [6, 6.07) is 8.84. The lowest BCUT2D eigenvalue weighted by atomic mass is 10.1. The molecule has 1 amide bonds. The predicted octanol–water partition coefficient (Wildman–Crippen LogP) is 3.94. The van der Waals surface area contributed by atoms with E-state index in [1.807, 2.05) is 13.8 Å². The van der Waals surface area contributed by atoms with Gasteiger partial charge in [-0.05, 0) is 55.3 Å². The number of rotatable bonds is 5. The van der Waals surface area contributed by atoms with Crippen molar-refractivity contribution in [3.63, 3.8) is 0 Å². The molecule has 0 bridgehead atoms. The van der Waals surface area contributed by atoms with Gasteiger partial charge < -0.3 is 9.64 Å². The highest BCUT2D eigenvalue weighted by Gasteiger charge is 2.14. The third-order valence-corrected chi connectivity index (χ3v) is 3.47. The van der Waals surface area contributed by atoms with Crippen LogP contribution in [0.2, 0.25) is 0 Å². The molecule has 0 N–H and O–H groups in total. The number of halogens is 2. The summed E-state index contributed by atoms with van der Waals surface area (Å²) in [7, 11) is 1.62. The monoisotopic (exact) mass is 319 g/mol. The van der Waals surface area contributed by atoms with Gasteiger partial charge in [0.15, 0.2) is 11.6 Å². The highest BCUT2D eigenvalue weighted by Crippen LogP contribution is 2.20. The molecule has 0 atom stereocenters. The molecule has 0 saturated carbocycles. The van der Waals surface area contributed by atoms with Gasteiger partial charge in [0.2, 0.25) is 0 Å². The van der Waals surface area contributed by atoms with Gasteiger partial charge in [-0.15, -0.1) is 0 Å². The first-order chi connectivity index (χ1) is 10.9. The van der Waals surface area contributed by atoms with E-state index in [1.54, 1.807) is 25.2 Å². The van der Waals surface area contributed by atoms with E-state index < -0.39 is 11.6 Å². The second-order valence-corrected chi connectivity index (χ2v) is 5.32. The smallest absolute Gasteiger partial charge is 0.253 e. The van der Waals surface area contributed by atoms with Crippen molar-refractivity contribution in [2.45, 2.75) is 20.4 Å². The number of carbonyl (C=O) groups is 1. The fraction of sp³-hybridized carbons (Fsp3) is 0.278. The van der Waals surface area contributed by atoms with E-state index >= 15 is 0 Å². The summed E-state index contributed by atoms with van der Waals surface area (Å²) in [5.41, 5.74) is 1.93. The first-order valence-corrected chi connectivity index (χ1v) is 7.35. The van der Waals surface area contributed by atoms with E-state index in [4.69, 9.17) is 4.74 Å². The van der Waals surface area contributed by atoms with Crippen molar-refractivity contribution in [2.24, 2.45) is 0 Å². The number of carbonyl (C=O) groups excluding carboxylic acids is 1. The van der Waals surface area contributed by atoms with Crippen LogP contribution in [0.5, 0.6) is 5.75 Å². The Balaban J connectivity index is 2.12. The molecule has 0 radical (unpaired) electrons. The van der Waals surface area contributed by atoms with Gasteiger partial charge in [0.25, 0.3) is 5.91 Å². The summed E-state index contributed by atoms with van der Waals surface area (Å²) >= 11 is 0. The molecule has 0 spiro atoms. The molecule has 2 aromatic carbocycles. The first kappa shape index (κ1) is 16.9. The minimum Gasteiger partial charge on any atom is -0.494 e. The number of hydrogen-bond donors (Lipinski definition) is 0. The molecule has 0 aliphatic rings. The molecule has 0 fully saturated rings. The lowest BCUT2D eigenvalue weighted by Gasteiger charge is -2.18. The molecule has 0 aliphatic heterocycles. The Morgan fingerprint density at radius 3 is 2.48 bits per heavy atom. The first-order valence-electron chi connectivity index (χ1n) is 7.35. The van der Waals surface area contributed by atoms with Crippen molar-refractivity contribution in [1.29, 1.82) is 0 Å². The molecule has 3 nitrogen and oxygen atoms in total. The van der Waals surface area contributed by atoms with Crippen LogP contribution in [0.1, 0.15) is 28.4 Å². The Kier molecular flexibility index (Phi) is 5.32. The summed E-state index contributed by atoms with van der Waals surface area (Å²) in [5.74, 6) is -1.27. The second-order valence-electron chi connectivity index (χ2n) is 5.32. The van der Waals surface area contributed by atoms with E-state index in [-0.39, 0.29) is 12.5 Å². The molecule has 0 saturated heterocycles. The van der Waals surface area contributed by atoms with Crippen LogP contribution in [0.4, 0.5) is 8.78 Å². The number of aryl methyl sites for hydroxylation is 1. The number of amides is 1. The lowest BCUT2D eigenvalue weighted by molar-refractivity contribution is 0.0785. The minimum atomic E-state index is -0.916. The maximum absolute atomic E-state index is 13.2. The Labute approximate surface area is 134 Å². The van der Waals surface area contributed by atoms with Crippen molar-refractivity contribution in [1.82, 2.24) is 4.90 Å². The molecular formula is C18H19F2NO2. The zero-order valence-corrected chi connectivity index (χ0v) is 13.4. The number of hydrogen-bond acceptors (Lipinski definition) is 2. The summed E-state index contributed by atoms with van der Waals surface area (Å²) in [4.78, 5) is 13.9. The molecule has 2 aromatic rings. The summed E-state index contributed by atoms with van der Waals surface area (Å²) < 4.78 is 31.6. The fourth-order valence-corrected chi connectivity index (χ4v) is 2.30. The van der Waals surface area contributed by atoms with Crippen molar-refractivity contribution in [2.75, 3.05) is 13.7 Å². The second kappa shape index (κ2) is 7.22. The van der Waals surface area contributed by atoms with E-state index in [0.717, 1.165) is 23.4 Å². The SMILES string of the molecule is CCOc1ccc(C(=O)N(C)Cc2ccc(F)c(F)c2)cc1C.